The van der Waals surface area contributed by atoms with Crippen LogP contribution in [0.2, 0.25) is 5.02 Å². The van der Waals surface area contributed by atoms with Crippen LogP contribution in [0.3, 0.4) is 0 Å². The van der Waals surface area contributed by atoms with Gasteiger partial charge in [0.05, 0.1) is 13.5 Å². The van der Waals surface area contributed by atoms with Crippen molar-refractivity contribution in [2.45, 2.75) is 25.7 Å². The number of carbonyl (C=O) groups is 1. The second kappa shape index (κ2) is 4.74. The zero-order valence-electron chi connectivity index (χ0n) is 9.58. The van der Waals surface area contributed by atoms with Gasteiger partial charge < -0.3 is 9.84 Å². The van der Waals surface area contributed by atoms with Crippen molar-refractivity contribution >= 4 is 17.6 Å². The molecule has 1 rings (SSSR count). The third-order valence-electron chi connectivity index (χ3n) is 2.47. The van der Waals surface area contributed by atoms with Crippen molar-refractivity contribution < 1.29 is 14.6 Å². The molecule has 1 N–H and O–H groups in total. The first-order chi connectivity index (χ1) is 7.38. The zero-order chi connectivity index (χ0) is 12.3. The minimum Gasteiger partial charge on any atom is -0.496 e. The Morgan fingerprint density at radius 1 is 1.50 bits per heavy atom. The van der Waals surface area contributed by atoms with Crippen molar-refractivity contribution in [1.29, 1.82) is 0 Å². The summed E-state index contributed by atoms with van der Waals surface area (Å²) in [5.74, 6) is -0.231. The molecule has 0 heterocycles. The highest BCUT2D eigenvalue weighted by molar-refractivity contribution is 6.31. The van der Waals surface area contributed by atoms with Gasteiger partial charge in [0, 0.05) is 16.0 Å². The summed E-state index contributed by atoms with van der Waals surface area (Å²) in [6.07, 6.45) is 0.00704. The SMILES string of the molecule is COc1cccc(Cl)c1C(C)(C)CC(=O)O. The fourth-order valence-corrected chi connectivity index (χ4v) is 2.22. The minimum atomic E-state index is -0.855. The lowest BCUT2D eigenvalue weighted by atomic mass is 9.81. The molecule has 0 aromatic heterocycles. The first kappa shape index (κ1) is 12.8. The molecule has 1 aromatic rings. The number of hydrogen-bond acceptors (Lipinski definition) is 2. The Balaban J connectivity index is 3.24. The van der Waals surface area contributed by atoms with Crippen LogP contribution in [-0.4, -0.2) is 18.2 Å². The number of halogens is 1. The van der Waals surface area contributed by atoms with Crippen molar-refractivity contribution in [3.8, 4) is 5.75 Å². The maximum atomic E-state index is 10.8. The normalized spacial score (nSPS) is 11.2. The van der Waals surface area contributed by atoms with Crippen molar-refractivity contribution in [3.05, 3.63) is 28.8 Å². The number of aliphatic carboxylic acids is 1. The average molecular weight is 243 g/mol. The second-order valence-electron chi connectivity index (χ2n) is 4.27. The summed E-state index contributed by atoms with van der Waals surface area (Å²) >= 11 is 6.10. The van der Waals surface area contributed by atoms with Crippen LogP contribution < -0.4 is 4.74 Å². The topological polar surface area (TPSA) is 46.5 Å². The lowest BCUT2D eigenvalue weighted by Crippen LogP contribution is -2.23. The number of carboxylic acids is 1. The molecule has 88 valence electrons. The maximum Gasteiger partial charge on any atom is 0.304 e. The third-order valence-corrected chi connectivity index (χ3v) is 2.78. The molecule has 1 aromatic carbocycles. The minimum absolute atomic E-state index is 0.00704. The standard InChI is InChI=1S/C12H15ClO3/c1-12(2,7-10(14)15)11-8(13)5-4-6-9(11)16-3/h4-6H,7H2,1-3H3,(H,14,15). The average Bonchev–Trinajstić information content (AvgIpc) is 2.14. The molecule has 0 amide bonds. The smallest absolute Gasteiger partial charge is 0.304 e. The molecule has 0 bridgehead atoms. The molecule has 0 aliphatic heterocycles. The van der Waals surface area contributed by atoms with Gasteiger partial charge in [0.1, 0.15) is 5.75 Å². The van der Waals surface area contributed by atoms with Gasteiger partial charge in [-0.15, -0.1) is 0 Å². The van der Waals surface area contributed by atoms with E-state index in [9.17, 15) is 4.79 Å². The molecule has 0 radical (unpaired) electrons. The van der Waals surface area contributed by atoms with Crippen LogP contribution in [0, 0.1) is 0 Å². The lowest BCUT2D eigenvalue weighted by Gasteiger charge is -2.26. The van der Waals surface area contributed by atoms with E-state index in [1.165, 1.54) is 0 Å². The van der Waals surface area contributed by atoms with Gasteiger partial charge >= 0.3 is 5.97 Å². The Morgan fingerprint density at radius 2 is 2.12 bits per heavy atom. The fraction of sp³-hybridized carbons (Fsp3) is 0.417. The van der Waals surface area contributed by atoms with Gasteiger partial charge in [-0.05, 0) is 12.1 Å². The molecule has 4 heteroatoms. The highest BCUT2D eigenvalue weighted by Gasteiger charge is 2.29. The van der Waals surface area contributed by atoms with E-state index in [4.69, 9.17) is 21.4 Å². The van der Waals surface area contributed by atoms with E-state index in [0.29, 0.717) is 10.8 Å². The Hall–Kier alpha value is -1.22. The molecule has 16 heavy (non-hydrogen) atoms. The quantitative estimate of drug-likeness (QED) is 0.883. The van der Waals surface area contributed by atoms with Crippen molar-refractivity contribution in [3.63, 3.8) is 0 Å². The summed E-state index contributed by atoms with van der Waals surface area (Å²) < 4.78 is 5.22. The van der Waals surface area contributed by atoms with Crippen LogP contribution in [0.25, 0.3) is 0 Å². The van der Waals surface area contributed by atoms with Gasteiger partial charge in [0.25, 0.3) is 0 Å². The summed E-state index contributed by atoms with van der Waals surface area (Å²) in [7, 11) is 1.55. The molecule has 0 aliphatic rings. The highest BCUT2D eigenvalue weighted by Crippen LogP contribution is 2.39. The van der Waals surface area contributed by atoms with Gasteiger partial charge in [-0.3, -0.25) is 4.79 Å². The van der Waals surface area contributed by atoms with E-state index >= 15 is 0 Å². The number of rotatable bonds is 4. The van der Waals surface area contributed by atoms with Crippen LogP contribution in [0.1, 0.15) is 25.8 Å². The van der Waals surface area contributed by atoms with Gasteiger partial charge in [-0.2, -0.15) is 0 Å². The van der Waals surface area contributed by atoms with Crippen LogP contribution in [0.4, 0.5) is 0 Å². The molecule has 0 unspecified atom stereocenters. The summed E-state index contributed by atoms with van der Waals surface area (Å²) in [5.41, 5.74) is 0.178. The lowest BCUT2D eigenvalue weighted by molar-refractivity contribution is -0.138. The molecule has 3 nitrogen and oxygen atoms in total. The Labute approximate surface area is 100.0 Å². The number of methoxy groups -OCH3 is 1. The Morgan fingerprint density at radius 3 is 2.62 bits per heavy atom. The molecule has 0 saturated carbocycles. The molecule has 0 fully saturated rings. The van der Waals surface area contributed by atoms with Gasteiger partial charge in [-0.25, -0.2) is 0 Å². The monoisotopic (exact) mass is 242 g/mol. The summed E-state index contributed by atoms with van der Waals surface area (Å²) in [5, 5.41) is 9.41. The number of carboxylic acid groups (broad SMARTS) is 1. The van der Waals surface area contributed by atoms with Crippen LogP contribution in [0.5, 0.6) is 5.75 Å². The van der Waals surface area contributed by atoms with Crippen molar-refractivity contribution in [2.24, 2.45) is 0 Å². The Kier molecular flexibility index (Phi) is 3.81. The number of ether oxygens (including phenoxy) is 1. The van der Waals surface area contributed by atoms with Gasteiger partial charge in [0.2, 0.25) is 0 Å². The zero-order valence-corrected chi connectivity index (χ0v) is 10.3. The van der Waals surface area contributed by atoms with E-state index in [1.54, 1.807) is 25.3 Å². The number of benzene rings is 1. The molecule has 0 aliphatic carbocycles. The van der Waals surface area contributed by atoms with E-state index in [1.807, 2.05) is 13.8 Å². The summed E-state index contributed by atoms with van der Waals surface area (Å²) in [6.45, 7) is 3.68. The van der Waals surface area contributed by atoms with E-state index < -0.39 is 11.4 Å². The third kappa shape index (κ3) is 2.67. The first-order valence-electron chi connectivity index (χ1n) is 4.93. The van der Waals surface area contributed by atoms with Crippen LogP contribution >= 0.6 is 11.6 Å². The summed E-state index contributed by atoms with van der Waals surface area (Å²) in [6, 6.07) is 5.30. The van der Waals surface area contributed by atoms with E-state index in [2.05, 4.69) is 0 Å². The van der Waals surface area contributed by atoms with Gasteiger partial charge in [0.15, 0.2) is 0 Å². The predicted molar refractivity (Wildman–Crippen MR) is 63.3 cm³/mol. The fourth-order valence-electron chi connectivity index (χ4n) is 1.80. The highest BCUT2D eigenvalue weighted by atomic mass is 35.5. The molecular weight excluding hydrogens is 228 g/mol. The maximum absolute atomic E-state index is 10.8. The predicted octanol–water partition coefficient (Wildman–Crippen LogP) is 3.10. The second-order valence-corrected chi connectivity index (χ2v) is 4.68. The van der Waals surface area contributed by atoms with Crippen LogP contribution in [0.15, 0.2) is 18.2 Å². The first-order valence-corrected chi connectivity index (χ1v) is 5.31. The van der Waals surface area contributed by atoms with Gasteiger partial charge in [-0.1, -0.05) is 31.5 Å². The molecule has 0 atom stereocenters. The van der Waals surface area contributed by atoms with E-state index in [0.717, 1.165) is 5.56 Å². The van der Waals surface area contributed by atoms with Crippen molar-refractivity contribution in [2.75, 3.05) is 7.11 Å². The molecular formula is C12H15ClO3. The largest absolute Gasteiger partial charge is 0.496 e. The molecule has 0 saturated heterocycles. The Bertz CT molecular complexity index is 399. The summed E-state index contributed by atoms with van der Waals surface area (Å²) in [4.78, 5) is 10.8. The van der Waals surface area contributed by atoms with E-state index in [-0.39, 0.29) is 6.42 Å². The molecule has 0 spiro atoms. The van der Waals surface area contributed by atoms with Crippen LogP contribution in [-0.2, 0) is 10.2 Å². The van der Waals surface area contributed by atoms with Crippen molar-refractivity contribution in [1.82, 2.24) is 0 Å². The number of hydrogen-bond donors (Lipinski definition) is 1.